The van der Waals surface area contributed by atoms with Gasteiger partial charge in [-0.1, -0.05) is 18.2 Å². The van der Waals surface area contributed by atoms with Crippen LogP contribution in [0.4, 0.5) is 4.39 Å². The smallest absolute Gasteiger partial charge is 0.130 e. The minimum absolute atomic E-state index is 0.269. The van der Waals surface area contributed by atoms with Gasteiger partial charge in [0, 0.05) is 23.7 Å². The third-order valence-electron chi connectivity index (χ3n) is 4.22. The molecule has 1 N–H and O–H groups in total. The highest BCUT2D eigenvalue weighted by atomic mass is 19.1. The van der Waals surface area contributed by atoms with E-state index >= 15 is 0 Å². The minimum atomic E-state index is -0.269. The number of hydrogen-bond acceptors (Lipinski definition) is 2. The molecular weight excluding hydrogens is 277 g/mol. The Bertz CT molecular complexity index is 656. The summed E-state index contributed by atoms with van der Waals surface area (Å²) in [5.41, 5.74) is 3.30. The Morgan fingerprint density at radius 1 is 1.18 bits per heavy atom. The van der Waals surface area contributed by atoms with E-state index < -0.39 is 0 Å². The van der Waals surface area contributed by atoms with Gasteiger partial charge in [0.1, 0.15) is 11.6 Å². The van der Waals surface area contributed by atoms with Crippen molar-refractivity contribution in [2.45, 2.75) is 38.8 Å². The van der Waals surface area contributed by atoms with Crippen molar-refractivity contribution < 1.29 is 9.13 Å². The maximum atomic E-state index is 13.5. The summed E-state index contributed by atoms with van der Waals surface area (Å²) in [6, 6.07) is 14.2. The molecule has 2 aromatic carbocycles. The van der Waals surface area contributed by atoms with Crippen molar-refractivity contribution in [1.29, 1.82) is 0 Å². The van der Waals surface area contributed by atoms with Gasteiger partial charge in [-0.3, -0.25) is 0 Å². The molecule has 0 bridgehead atoms. The summed E-state index contributed by atoms with van der Waals surface area (Å²) in [6.45, 7) is 4.66. The van der Waals surface area contributed by atoms with Crippen molar-refractivity contribution in [2.75, 3.05) is 6.61 Å². The predicted octanol–water partition coefficient (Wildman–Crippen LogP) is 4.70. The van der Waals surface area contributed by atoms with Gasteiger partial charge in [0.15, 0.2) is 0 Å². The molecule has 2 nitrogen and oxygen atoms in total. The summed E-state index contributed by atoms with van der Waals surface area (Å²) in [5.74, 6) is 0.335. The largest absolute Gasteiger partial charge is 0.493 e. The summed E-state index contributed by atoms with van der Waals surface area (Å²) in [5, 5.41) is 3.61. The summed E-state index contributed by atoms with van der Waals surface area (Å²) in [7, 11) is 0. The Labute approximate surface area is 131 Å². The number of nitrogens with one attached hydrogen (secondary N) is 1. The monoisotopic (exact) mass is 299 g/mol. The van der Waals surface area contributed by atoms with Crippen molar-refractivity contribution in [2.24, 2.45) is 0 Å². The highest BCUT2D eigenvalue weighted by molar-refractivity contribution is 5.71. The van der Waals surface area contributed by atoms with Crippen LogP contribution < -0.4 is 10.1 Å². The van der Waals surface area contributed by atoms with Crippen molar-refractivity contribution >= 4 is 0 Å². The van der Waals surface area contributed by atoms with Crippen LogP contribution in [0, 0.1) is 5.82 Å². The van der Waals surface area contributed by atoms with Crippen LogP contribution in [-0.4, -0.2) is 12.6 Å². The first-order chi connectivity index (χ1) is 10.7. The van der Waals surface area contributed by atoms with Crippen LogP contribution in [0.1, 0.15) is 38.3 Å². The molecule has 1 heterocycles. The number of rotatable bonds is 4. The maximum absolute atomic E-state index is 13.5. The van der Waals surface area contributed by atoms with Crippen molar-refractivity contribution in [3.8, 4) is 16.9 Å². The third kappa shape index (κ3) is 3.14. The van der Waals surface area contributed by atoms with Gasteiger partial charge in [-0.25, -0.2) is 4.39 Å². The molecule has 0 aliphatic carbocycles. The van der Waals surface area contributed by atoms with Crippen LogP contribution in [0.5, 0.6) is 5.75 Å². The second-order valence-electron chi connectivity index (χ2n) is 5.90. The molecule has 2 unspecified atom stereocenters. The summed E-state index contributed by atoms with van der Waals surface area (Å²) < 4.78 is 19.1. The summed E-state index contributed by atoms with van der Waals surface area (Å²) in [6.07, 6.45) is 2.36. The number of hydrogen-bond donors (Lipinski definition) is 1. The van der Waals surface area contributed by atoms with E-state index in [1.54, 1.807) is 6.07 Å². The predicted molar refractivity (Wildman–Crippen MR) is 87.6 cm³/mol. The average molecular weight is 299 g/mol. The normalized spacial score (nSPS) is 21.0. The number of ether oxygens (including phenoxy) is 1. The van der Waals surface area contributed by atoms with Crippen molar-refractivity contribution in [3.63, 3.8) is 0 Å². The van der Waals surface area contributed by atoms with Gasteiger partial charge >= 0.3 is 0 Å². The van der Waals surface area contributed by atoms with E-state index in [0.29, 0.717) is 24.4 Å². The Morgan fingerprint density at radius 3 is 2.77 bits per heavy atom. The molecule has 0 spiro atoms. The molecule has 3 rings (SSSR count). The first kappa shape index (κ1) is 15.0. The topological polar surface area (TPSA) is 21.3 Å². The molecule has 0 amide bonds. The molecular formula is C19H22FNO. The minimum Gasteiger partial charge on any atom is -0.493 e. The molecule has 0 saturated carbocycles. The van der Waals surface area contributed by atoms with Crippen LogP contribution in [0.2, 0.25) is 0 Å². The molecule has 22 heavy (non-hydrogen) atoms. The van der Waals surface area contributed by atoms with E-state index in [0.717, 1.165) is 17.5 Å². The van der Waals surface area contributed by atoms with E-state index in [1.165, 1.54) is 24.1 Å². The first-order valence-corrected chi connectivity index (χ1v) is 7.96. The lowest BCUT2D eigenvalue weighted by molar-refractivity contribution is 0.339. The molecule has 0 radical (unpaired) electrons. The highest BCUT2D eigenvalue weighted by Gasteiger charge is 2.22. The third-order valence-corrected chi connectivity index (χ3v) is 4.22. The fraction of sp³-hybridized carbons (Fsp3) is 0.368. The highest BCUT2D eigenvalue weighted by Crippen LogP contribution is 2.34. The zero-order chi connectivity index (χ0) is 15.5. The molecule has 116 valence electrons. The lowest BCUT2D eigenvalue weighted by Gasteiger charge is -2.15. The zero-order valence-corrected chi connectivity index (χ0v) is 13.1. The standard InChI is InChI=1S/C19H22FNO/c1-3-22-19-12-16(20)8-9-17(19)14-5-4-6-15(11-14)18-10-7-13(2)21-18/h4-6,8-9,11-13,18,21H,3,7,10H2,1-2H3. The fourth-order valence-electron chi connectivity index (χ4n) is 3.12. The lowest BCUT2D eigenvalue weighted by atomic mass is 9.98. The molecule has 2 atom stereocenters. The van der Waals surface area contributed by atoms with Crippen molar-refractivity contribution in [3.05, 3.63) is 53.8 Å². The molecule has 1 aliphatic heterocycles. The quantitative estimate of drug-likeness (QED) is 0.883. The number of benzene rings is 2. The van der Waals surface area contributed by atoms with Crippen LogP contribution in [0.15, 0.2) is 42.5 Å². The van der Waals surface area contributed by atoms with Crippen LogP contribution in [-0.2, 0) is 0 Å². The van der Waals surface area contributed by atoms with E-state index in [-0.39, 0.29) is 5.82 Å². The van der Waals surface area contributed by atoms with Gasteiger partial charge in [0.2, 0.25) is 0 Å². The molecule has 1 fully saturated rings. The van der Waals surface area contributed by atoms with Gasteiger partial charge in [0.25, 0.3) is 0 Å². The molecule has 2 aromatic rings. The molecule has 1 aliphatic rings. The second-order valence-corrected chi connectivity index (χ2v) is 5.90. The Morgan fingerprint density at radius 2 is 2.05 bits per heavy atom. The van der Waals surface area contributed by atoms with Crippen LogP contribution >= 0.6 is 0 Å². The lowest BCUT2D eigenvalue weighted by Crippen LogP contribution is -2.20. The maximum Gasteiger partial charge on any atom is 0.130 e. The summed E-state index contributed by atoms with van der Waals surface area (Å²) >= 11 is 0. The summed E-state index contributed by atoms with van der Waals surface area (Å²) in [4.78, 5) is 0. The molecule has 0 aromatic heterocycles. The van der Waals surface area contributed by atoms with Gasteiger partial charge in [0.05, 0.1) is 6.61 Å². The van der Waals surface area contributed by atoms with Crippen molar-refractivity contribution in [1.82, 2.24) is 5.32 Å². The zero-order valence-electron chi connectivity index (χ0n) is 13.1. The van der Waals surface area contributed by atoms with E-state index in [1.807, 2.05) is 6.92 Å². The van der Waals surface area contributed by atoms with Gasteiger partial charge < -0.3 is 10.1 Å². The Balaban J connectivity index is 1.95. The Kier molecular flexibility index (Phi) is 4.44. The van der Waals surface area contributed by atoms with Crippen LogP contribution in [0.25, 0.3) is 11.1 Å². The molecule has 1 saturated heterocycles. The van der Waals surface area contributed by atoms with Gasteiger partial charge in [-0.15, -0.1) is 0 Å². The van der Waals surface area contributed by atoms with Gasteiger partial charge in [-0.2, -0.15) is 0 Å². The average Bonchev–Trinajstić information content (AvgIpc) is 2.95. The van der Waals surface area contributed by atoms with E-state index in [9.17, 15) is 4.39 Å². The first-order valence-electron chi connectivity index (χ1n) is 7.96. The fourth-order valence-corrected chi connectivity index (χ4v) is 3.12. The Hall–Kier alpha value is -1.87. The van der Waals surface area contributed by atoms with E-state index in [2.05, 4.69) is 36.5 Å². The number of halogens is 1. The second kappa shape index (κ2) is 6.49. The van der Waals surface area contributed by atoms with E-state index in [4.69, 9.17) is 4.74 Å². The molecule has 3 heteroatoms. The SMILES string of the molecule is CCOc1cc(F)ccc1-c1cccc(C2CCC(C)N2)c1. The van der Waals surface area contributed by atoms with Gasteiger partial charge in [-0.05, 0) is 56.0 Å². The van der Waals surface area contributed by atoms with Crippen LogP contribution in [0.3, 0.4) is 0 Å².